The number of benzene rings is 1. The number of carbonyl (C=O) groups is 1. The molecule has 5 nitrogen and oxygen atoms in total. The maximum Gasteiger partial charge on any atom is 0.318 e. The van der Waals surface area contributed by atoms with E-state index >= 15 is 0 Å². The van der Waals surface area contributed by atoms with Crippen LogP contribution in [0.15, 0.2) is 48.7 Å². The van der Waals surface area contributed by atoms with E-state index in [-0.39, 0.29) is 17.9 Å². The van der Waals surface area contributed by atoms with Gasteiger partial charge in [0.25, 0.3) is 0 Å². The number of halogens is 1. The van der Waals surface area contributed by atoms with E-state index < -0.39 is 0 Å². The molecule has 27 heavy (non-hydrogen) atoms. The van der Waals surface area contributed by atoms with Gasteiger partial charge < -0.3 is 15.1 Å². The molecule has 0 bridgehead atoms. The van der Waals surface area contributed by atoms with E-state index in [9.17, 15) is 9.18 Å². The molecular weight excluding hydrogens is 343 g/mol. The largest absolute Gasteiger partial charge is 0.356 e. The molecule has 1 N–H and O–H groups in total. The van der Waals surface area contributed by atoms with Crippen LogP contribution in [0, 0.1) is 5.82 Å². The quantitative estimate of drug-likeness (QED) is 0.878. The number of hydrogen-bond acceptors (Lipinski definition) is 3. The van der Waals surface area contributed by atoms with E-state index in [1.54, 1.807) is 12.1 Å². The predicted molar refractivity (Wildman–Crippen MR) is 103 cm³/mol. The fraction of sp³-hybridized carbons (Fsp3) is 0.429. The zero-order valence-electron chi connectivity index (χ0n) is 15.4. The van der Waals surface area contributed by atoms with Gasteiger partial charge in [-0.1, -0.05) is 18.2 Å². The molecule has 2 heterocycles. The molecule has 0 unspecified atom stereocenters. The zero-order valence-corrected chi connectivity index (χ0v) is 15.4. The number of piperidine rings is 1. The third kappa shape index (κ3) is 4.56. The number of hydrogen-bond donors (Lipinski definition) is 1. The molecule has 142 valence electrons. The van der Waals surface area contributed by atoms with Crippen LogP contribution in [0.3, 0.4) is 0 Å². The van der Waals surface area contributed by atoms with Crippen LogP contribution in [-0.4, -0.2) is 41.1 Å². The molecule has 4 rings (SSSR count). The molecule has 1 aromatic heterocycles. The van der Waals surface area contributed by atoms with Crippen molar-refractivity contribution in [3.8, 4) is 0 Å². The van der Waals surface area contributed by atoms with Crippen LogP contribution in [0.2, 0.25) is 0 Å². The minimum atomic E-state index is -0.249. The summed E-state index contributed by atoms with van der Waals surface area (Å²) in [6, 6.07) is 12.8. The van der Waals surface area contributed by atoms with E-state index in [0.29, 0.717) is 12.6 Å². The number of nitrogens with zero attached hydrogens (tertiary/aromatic N) is 3. The van der Waals surface area contributed by atoms with Crippen molar-refractivity contribution < 1.29 is 9.18 Å². The molecule has 1 aliphatic carbocycles. The average Bonchev–Trinajstić information content (AvgIpc) is 3.54. The number of anilines is 1. The summed E-state index contributed by atoms with van der Waals surface area (Å²) in [5.74, 6) is 0.749. The molecule has 2 aromatic rings. The second-order valence-corrected chi connectivity index (χ2v) is 7.38. The van der Waals surface area contributed by atoms with Crippen LogP contribution in [0.5, 0.6) is 0 Å². The standard InChI is InChI=1S/C21H25FN4O/c22-17-6-4-16(5-7-17)15-26(19-8-9-19)21(27)24-18-10-13-25(14-11-18)20-3-1-2-12-23-20/h1-7,12,18-19H,8-11,13-15H2,(H,24,27). The Labute approximate surface area is 159 Å². The first kappa shape index (κ1) is 17.8. The maximum atomic E-state index is 13.1. The SMILES string of the molecule is O=C(NC1CCN(c2ccccn2)CC1)N(Cc1ccc(F)cc1)C1CC1. The summed E-state index contributed by atoms with van der Waals surface area (Å²) in [5, 5.41) is 3.21. The lowest BCUT2D eigenvalue weighted by atomic mass is 10.1. The summed E-state index contributed by atoms with van der Waals surface area (Å²) < 4.78 is 13.1. The summed E-state index contributed by atoms with van der Waals surface area (Å²) in [4.78, 5) is 21.4. The average molecular weight is 368 g/mol. The van der Waals surface area contributed by atoms with Crippen molar-refractivity contribution in [3.05, 3.63) is 60.0 Å². The molecule has 0 atom stereocenters. The van der Waals surface area contributed by atoms with Crippen LogP contribution >= 0.6 is 0 Å². The third-order valence-corrected chi connectivity index (χ3v) is 5.31. The fourth-order valence-electron chi connectivity index (χ4n) is 3.59. The second kappa shape index (κ2) is 7.94. The van der Waals surface area contributed by atoms with Crippen molar-refractivity contribution in [3.63, 3.8) is 0 Å². The molecule has 1 saturated carbocycles. The lowest BCUT2D eigenvalue weighted by Gasteiger charge is -2.34. The first-order valence-electron chi connectivity index (χ1n) is 9.66. The highest BCUT2D eigenvalue weighted by molar-refractivity contribution is 5.75. The van der Waals surface area contributed by atoms with Crippen molar-refractivity contribution in [2.75, 3.05) is 18.0 Å². The van der Waals surface area contributed by atoms with Gasteiger partial charge >= 0.3 is 6.03 Å². The Kier molecular flexibility index (Phi) is 5.23. The Morgan fingerprint density at radius 2 is 1.85 bits per heavy atom. The number of nitrogens with one attached hydrogen (secondary N) is 1. The van der Waals surface area contributed by atoms with E-state index in [4.69, 9.17) is 0 Å². The Hall–Kier alpha value is -2.63. The fourth-order valence-corrected chi connectivity index (χ4v) is 3.59. The predicted octanol–water partition coefficient (Wildman–Crippen LogP) is 3.56. The van der Waals surface area contributed by atoms with Crippen LogP contribution < -0.4 is 10.2 Å². The van der Waals surface area contributed by atoms with Crippen LogP contribution in [0.1, 0.15) is 31.2 Å². The van der Waals surface area contributed by atoms with Crippen molar-refractivity contribution in [2.24, 2.45) is 0 Å². The number of aromatic nitrogens is 1. The van der Waals surface area contributed by atoms with Crippen molar-refractivity contribution in [1.82, 2.24) is 15.2 Å². The first-order chi connectivity index (χ1) is 13.2. The Bertz CT molecular complexity index is 756. The molecule has 1 saturated heterocycles. The summed E-state index contributed by atoms with van der Waals surface area (Å²) in [5.41, 5.74) is 0.962. The van der Waals surface area contributed by atoms with E-state index in [1.165, 1.54) is 12.1 Å². The third-order valence-electron chi connectivity index (χ3n) is 5.31. The van der Waals surface area contributed by atoms with Gasteiger partial charge in [-0.25, -0.2) is 14.2 Å². The number of amides is 2. The number of carbonyl (C=O) groups excluding carboxylic acids is 1. The molecule has 1 aromatic carbocycles. The monoisotopic (exact) mass is 368 g/mol. The number of pyridine rings is 1. The van der Waals surface area contributed by atoms with Crippen molar-refractivity contribution in [1.29, 1.82) is 0 Å². The van der Waals surface area contributed by atoms with Gasteiger partial charge in [0.05, 0.1) is 0 Å². The molecule has 0 spiro atoms. The smallest absolute Gasteiger partial charge is 0.318 e. The summed E-state index contributed by atoms with van der Waals surface area (Å²) >= 11 is 0. The molecule has 6 heteroatoms. The molecule has 2 fully saturated rings. The van der Waals surface area contributed by atoms with Crippen LogP contribution in [0.25, 0.3) is 0 Å². The van der Waals surface area contributed by atoms with Crippen molar-refractivity contribution >= 4 is 11.8 Å². The number of urea groups is 1. The lowest BCUT2D eigenvalue weighted by Crippen LogP contribution is -2.49. The second-order valence-electron chi connectivity index (χ2n) is 7.38. The van der Waals surface area contributed by atoms with E-state index in [1.807, 2.05) is 29.3 Å². The highest BCUT2D eigenvalue weighted by atomic mass is 19.1. The minimum Gasteiger partial charge on any atom is -0.356 e. The zero-order chi connectivity index (χ0) is 18.6. The Morgan fingerprint density at radius 1 is 1.11 bits per heavy atom. The van der Waals surface area contributed by atoms with Gasteiger partial charge in [-0.2, -0.15) is 0 Å². The summed E-state index contributed by atoms with van der Waals surface area (Å²) in [7, 11) is 0. The van der Waals surface area contributed by atoms with E-state index in [0.717, 1.165) is 50.2 Å². The maximum absolute atomic E-state index is 13.1. The lowest BCUT2D eigenvalue weighted by molar-refractivity contribution is 0.185. The first-order valence-corrected chi connectivity index (χ1v) is 9.66. The Morgan fingerprint density at radius 3 is 2.48 bits per heavy atom. The van der Waals surface area contributed by atoms with Gasteiger partial charge in [0, 0.05) is 37.9 Å². The van der Waals surface area contributed by atoms with Gasteiger partial charge in [0.2, 0.25) is 0 Å². The Balaban J connectivity index is 1.31. The minimum absolute atomic E-state index is 0.00175. The van der Waals surface area contributed by atoms with Gasteiger partial charge in [0.1, 0.15) is 11.6 Å². The summed E-state index contributed by atoms with van der Waals surface area (Å²) in [6.45, 7) is 2.32. The number of rotatable bonds is 5. The molecular formula is C21H25FN4O. The molecule has 2 amide bonds. The van der Waals surface area contributed by atoms with Crippen molar-refractivity contribution in [2.45, 2.75) is 44.3 Å². The normalized spacial score (nSPS) is 17.6. The molecule has 1 aliphatic heterocycles. The van der Waals surface area contributed by atoms with Crippen LogP contribution in [0.4, 0.5) is 15.0 Å². The van der Waals surface area contributed by atoms with Gasteiger partial charge in [-0.3, -0.25) is 0 Å². The van der Waals surface area contributed by atoms with E-state index in [2.05, 4.69) is 15.2 Å². The van der Waals surface area contributed by atoms with Gasteiger partial charge in [-0.15, -0.1) is 0 Å². The highest BCUT2D eigenvalue weighted by Crippen LogP contribution is 2.29. The molecule has 0 radical (unpaired) electrons. The summed E-state index contributed by atoms with van der Waals surface area (Å²) in [6.07, 6.45) is 5.74. The van der Waals surface area contributed by atoms with Gasteiger partial charge in [-0.05, 0) is 55.5 Å². The topological polar surface area (TPSA) is 48.5 Å². The molecule has 2 aliphatic rings. The van der Waals surface area contributed by atoms with Crippen LogP contribution in [-0.2, 0) is 6.54 Å². The highest BCUT2D eigenvalue weighted by Gasteiger charge is 2.34. The van der Waals surface area contributed by atoms with Gasteiger partial charge in [0.15, 0.2) is 0 Å².